The SMILES string of the molecule is N#C/C(=C\c1cc(Br)ccc1O)C(=O)Nc1cccc(O)c1. The molecule has 0 atom stereocenters. The van der Waals surface area contributed by atoms with Crippen LogP contribution < -0.4 is 5.32 Å². The van der Waals surface area contributed by atoms with Crippen LogP contribution in [-0.4, -0.2) is 16.1 Å². The molecule has 1 amide bonds. The Kier molecular flexibility index (Phi) is 4.81. The summed E-state index contributed by atoms with van der Waals surface area (Å²) in [5.41, 5.74) is 0.540. The molecule has 0 saturated carbocycles. The molecule has 0 aliphatic carbocycles. The first kappa shape index (κ1) is 15.6. The van der Waals surface area contributed by atoms with E-state index < -0.39 is 5.91 Å². The monoisotopic (exact) mass is 358 g/mol. The van der Waals surface area contributed by atoms with Crippen LogP contribution in [0.5, 0.6) is 11.5 Å². The van der Waals surface area contributed by atoms with E-state index in [0.717, 1.165) is 0 Å². The average Bonchev–Trinajstić information content (AvgIpc) is 2.48. The van der Waals surface area contributed by atoms with Gasteiger partial charge in [-0.15, -0.1) is 0 Å². The number of amides is 1. The van der Waals surface area contributed by atoms with Crippen molar-refractivity contribution >= 4 is 33.6 Å². The fourth-order valence-electron chi connectivity index (χ4n) is 1.73. The summed E-state index contributed by atoms with van der Waals surface area (Å²) in [5, 5.41) is 30.7. The Bertz CT molecular complexity index is 794. The van der Waals surface area contributed by atoms with Gasteiger partial charge in [0.1, 0.15) is 23.1 Å². The number of rotatable bonds is 3. The van der Waals surface area contributed by atoms with Gasteiger partial charge in [-0.1, -0.05) is 22.0 Å². The summed E-state index contributed by atoms with van der Waals surface area (Å²) in [5.74, 6) is -0.668. The second kappa shape index (κ2) is 6.78. The summed E-state index contributed by atoms with van der Waals surface area (Å²) in [6.45, 7) is 0. The van der Waals surface area contributed by atoms with Crippen LogP contribution in [0.3, 0.4) is 0 Å². The number of nitrogens with zero attached hydrogens (tertiary/aromatic N) is 1. The van der Waals surface area contributed by atoms with E-state index in [9.17, 15) is 15.0 Å². The highest BCUT2D eigenvalue weighted by Crippen LogP contribution is 2.24. The van der Waals surface area contributed by atoms with Crippen molar-refractivity contribution < 1.29 is 15.0 Å². The maximum absolute atomic E-state index is 12.1. The largest absolute Gasteiger partial charge is 0.508 e. The van der Waals surface area contributed by atoms with Gasteiger partial charge < -0.3 is 15.5 Å². The van der Waals surface area contributed by atoms with E-state index in [2.05, 4.69) is 21.2 Å². The number of nitrogens with one attached hydrogen (secondary N) is 1. The zero-order valence-corrected chi connectivity index (χ0v) is 12.8. The van der Waals surface area contributed by atoms with E-state index in [0.29, 0.717) is 15.7 Å². The lowest BCUT2D eigenvalue weighted by molar-refractivity contribution is -0.112. The molecule has 0 spiro atoms. The number of carbonyl (C=O) groups excluding carboxylic acids is 1. The minimum absolute atomic E-state index is 0.00456. The van der Waals surface area contributed by atoms with Crippen LogP contribution in [0.2, 0.25) is 0 Å². The first-order chi connectivity index (χ1) is 10.5. The summed E-state index contributed by atoms with van der Waals surface area (Å²) < 4.78 is 0.710. The molecular formula is C16H11BrN2O3. The highest BCUT2D eigenvalue weighted by atomic mass is 79.9. The van der Waals surface area contributed by atoms with Crippen LogP contribution in [0.15, 0.2) is 52.5 Å². The summed E-state index contributed by atoms with van der Waals surface area (Å²) in [6.07, 6.45) is 1.29. The van der Waals surface area contributed by atoms with Gasteiger partial charge in [0, 0.05) is 21.8 Å². The molecule has 0 heterocycles. The number of phenols is 2. The van der Waals surface area contributed by atoms with Crippen LogP contribution in [-0.2, 0) is 4.79 Å². The van der Waals surface area contributed by atoms with Crippen LogP contribution in [0, 0.1) is 11.3 Å². The van der Waals surface area contributed by atoms with Crippen LogP contribution in [0.1, 0.15) is 5.56 Å². The van der Waals surface area contributed by atoms with Gasteiger partial charge in [-0.05, 0) is 36.4 Å². The van der Waals surface area contributed by atoms with Gasteiger partial charge in [-0.25, -0.2) is 0 Å². The van der Waals surface area contributed by atoms with Gasteiger partial charge in [-0.2, -0.15) is 5.26 Å². The highest BCUT2D eigenvalue weighted by Gasteiger charge is 2.11. The Morgan fingerprint density at radius 3 is 2.68 bits per heavy atom. The van der Waals surface area contributed by atoms with Gasteiger partial charge >= 0.3 is 0 Å². The van der Waals surface area contributed by atoms with E-state index >= 15 is 0 Å². The number of hydrogen-bond donors (Lipinski definition) is 3. The van der Waals surface area contributed by atoms with Crippen LogP contribution in [0.4, 0.5) is 5.69 Å². The Morgan fingerprint density at radius 1 is 1.23 bits per heavy atom. The maximum atomic E-state index is 12.1. The van der Waals surface area contributed by atoms with E-state index in [1.54, 1.807) is 30.3 Å². The molecule has 0 saturated heterocycles. The molecule has 2 aromatic carbocycles. The Balaban J connectivity index is 2.28. The molecule has 0 aromatic heterocycles. The first-order valence-corrected chi connectivity index (χ1v) is 6.99. The number of halogens is 1. The predicted molar refractivity (Wildman–Crippen MR) is 86.1 cm³/mol. The predicted octanol–water partition coefficient (Wildman–Crippen LogP) is 3.41. The third-order valence-corrected chi connectivity index (χ3v) is 3.25. The Labute approximate surface area is 135 Å². The van der Waals surface area contributed by atoms with Gasteiger partial charge in [0.15, 0.2) is 0 Å². The molecule has 0 bridgehead atoms. The molecule has 0 unspecified atom stereocenters. The molecule has 0 radical (unpaired) electrons. The van der Waals surface area contributed by atoms with Crippen molar-refractivity contribution in [2.75, 3.05) is 5.32 Å². The second-order valence-corrected chi connectivity index (χ2v) is 5.29. The van der Waals surface area contributed by atoms with Crippen LogP contribution >= 0.6 is 15.9 Å². The summed E-state index contributed by atoms with van der Waals surface area (Å²) in [6, 6.07) is 12.5. The van der Waals surface area contributed by atoms with Gasteiger partial charge in [0.05, 0.1) is 0 Å². The van der Waals surface area contributed by atoms with E-state index in [1.807, 2.05) is 0 Å². The zero-order valence-electron chi connectivity index (χ0n) is 11.2. The lowest BCUT2D eigenvalue weighted by Gasteiger charge is -2.05. The van der Waals surface area contributed by atoms with Gasteiger partial charge in [0.2, 0.25) is 0 Å². The van der Waals surface area contributed by atoms with Crippen molar-refractivity contribution in [3.8, 4) is 17.6 Å². The van der Waals surface area contributed by atoms with Crippen molar-refractivity contribution in [2.45, 2.75) is 0 Å². The number of phenolic OH excluding ortho intramolecular Hbond substituents is 2. The summed E-state index contributed by atoms with van der Waals surface area (Å²) >= 11 is 3.26. The molecule has 0 aliphatic heterocycles. The van der Waals surface area contributed by atoms with Crippen LogP contribution in [0.25, 0.3) is 6.08 Å². The Hall–Kier alpha value is -2.78. The van der Waals surface area contributed by atoms with Crippen molar-refractivity contribution in [3.63, 3.8) is 0 Å². The molecule has 0 fully saturated rings. The third-order valence-electron chi connectivity index (χ3n) is 2.76. The lowest BCUT2D eigenvalue weighted by atomic mass is 10.1. The molecule has 0 aliphatic rings. The van der Waals surface area contributed by atoms with Crippen molar-refractivity contribution in [1.82, 2.24) is 0 Å². The quantitative estimate of drug-likeness (QED) is 0.578. The van der Waals surface area contributed by atoms with E-state index in [4.69, 9.17) is 5.26 Å². The molecule has 3 N–H and O–H groups in total. The third kappa shape index (κ3) is 3.87. The van der Waals surface area contributed by atoms with Crippen molar-refractivity contribution in [3.05, 3.63) is 58.1 Å². The van der Waals surface area contributed by atoms with Gasteiger partial charge in [-0.3, -0.25) is 4.79 Å². The summed E-state index contributed by atoms with van der Waals surface area (Å²) in [7, 11) is 0. The fraction of sp³-hybridized carbons (Fsp3) is 0. The van der Waals surface area contributed by atoms with E-state index in [1.165, 1.54) is 24.3 Å². The van der Waals surface area contributed by atoms with Crippen molar-refractivity contribution in [2.24, 2.45) is 0 Å². The molecule has 6 heteroatoms. The number of hydrogen-bond acceptors (Lipinski definition) is 4. The molecule has 2 rings (SSSR count). The minimum atomic E-state index is -0.632. The topological polar surface area (TPSA) is 93.3 Å². The fourth-order valence-corrected chi connectivity index (χ4v) is 2.11. The number of anilines is 1. The number of aromatic hydroxyl groups is 2. The zero-order chi connectivity index (χ0) is 16.1. The highest BCUT2D eigenvalue weighted by molar-refractivity contribution is 9.10. The maximum Gasteiger partial charge on any atom is 0.266 e. The summed E-state index contributed by atoms with van der Waals surface area (Å²) in [4.78, 5) is 12.1. The molecule has 110 valence electrons. The van der Waals surface area contributed by atoms with Gasteiger partial charge in [0.25, 0.3) is 5.91 Å². The van der Waals surface area contributed by atoms with Crippen molar-refractivity contribution in [1.29, 1.82) is 5.26 Å². The second-order valence-electron chi connectivity index (χ2n) is 4.38. The molecular weight excluding hydrogens is 348 g/mol. The standard InChI is InChI=1S/C16H11BrN2O3/c17-12-4-5-15(21)10(7-12)6-11(9-18)16(22)19-13-2-1-3-14(20)8-13/h1-8,20-21H,(H,19,22)/b11-6+. The number of benzene rings is 2. The van der Waals surface area contributed by atoms with E-state index in [-0.39, 0.29) is 17.1 Å². The minimum Gasteiger partial charge on any atom is -0.508 e. The number of carbonyl (C=O) groups is 1. The molecule has 5 nitrogen and oxygen atoms in total. The Morgan fingerprint density at radius 2 is 2.00 bits per heavy atom. The lowest BCUT2D eigenvalue weighted by Crippen LogP contribution is -2.13. The average molecular weight is 359 g/mol. The molecule has 2 aromatic rings. The smallest absolute Gasteiger partial charge is 0.266 e. The molecule has 22 heavy (non-hydrogen) atoms. The normalized spacial score (nSPS) is 10.8. The first-order valence-electron chi connectivity index (χ1n) is 6.20. The number of nitriles is 1.